The van der Waals surface area contributed by atoms with E-state index in [0.29, 0.717) is 25.7 Å². The van der Waals surface area contributed by atoms with Gasteiger partial charge in [-0.1, -0.05) is 6.07 Å². The van der Waals surface area contributed by atoms with Crippen molar-refractivity contribution in [2.24, 2.45) is 4.99 Å². The number of anilines is 1. The maximum atomic E-state index is 5.74. The molecule has 1 aromatic carbocycles. The number of aryl methyl sites for hydroxylation is 1. The SMILES string of the molecule is CN=C(NCc1cn2c(C)cccc2n1)Nc1ccc2c(c1)OCCCO2. The van der Waals surface area contributed by atoms with Gasteiger partial charge in [0.25, 0.3) is 0 Å². The highest BCUT2D eigenvalue weighted by Crippen LogP contribution is 2.32. The maximum Gasteiger partial charge on any atom is 0.195 e. The average Bonchev–Trinajstić information content (AvgIpc) is 2.96. The first kappa shape index (κ1) is 17.2. The van der Waals surface area contributed by atoms with Gasteiger partial charge in [-0.3, -0.25) is 4.99 Å². The highest BCUT2D eigenvalue weighted by Gasteiger charge is 2.11. The van der Waals surface area contributed by atoms with Crippen LogP contribution < -0.4 is 20.1 Å². The number of fused-ring (bicyclic) bond motifs is 2. The molecule has 0 radical (unpaired) electrons. The summed E-state index contributed by atoms with van der Waals surface area (Å²) in [6, 6.07) is 11.9. The molecule has 3 heterocycles. The smallest absolute Gasteiger partial charge is 0.195 e. The Kier molecular flexibility index (Phi) is 4.82. The zero-order valence-electron chi connectivity index (χ0n) is 15.5. The van der Waals surface area contributed by atoms with E-state index in [1.807, 2.05) is 36.5 Å². The Labute approximate surface area is 158 Å². The highest BCUT2D eigenvalue weighted by atomic mass is 16.5. The third-order valence-corrected chi connectivity index (χ3v) is 4.42. The average molecular weight is 365 g/mol. The molecule has 0 spiro atoms. The minimum Gasteiger partial charge on any atom is -0.490 e. The fourth-order valence-electron chi connectivity index (χ4n) is 3.02. The van der Waals surface area contributed by atoms with Gasteiger partial charge in [-0.15, -0.1) is 0 Å². The van der Waals surface area contributed by atoms with Crippen LogP contribution in [0, 0.1) is 6.92 Å². The molecule has 140 valence electrons. The third kappa shape index (κ3) is 3.81. The van der Waals surface area contributed by atoms with Gasteiger partial charge in [-0.25, -0.2) is 4.98 Å². The summed E-state index contributed by atoms with van der Waals surface area (Å²) in [4.78, 5) is 8.92. The van der Waals surface area contributed by atoms with Crippen molar-refractivity contribution in [1.82, 2.24) is 14.7 Å². The highest BCUT2D eigenvalue weighted by molar-refractivity contribution is 5.93. The molecule has 27 heavy (non-hydrogen) atoms. The number of hydrogen-bond acceptors (Lipinski definition) is 4. The Balaban J connectivity index is 1.43. The Morgan fingerprint density at radius 2 is 2.04 bits per heavy atom. The Morgan fingerprint density at radius 1 is 1.19 bits per heavy atom. The Bertz CT molecular complexity index is 980. The van der Waals surface area contributed by atoms with Crippen LogP contribution in [0.25, 0.3) is 5.65 Å². The molecule has 7 heteroatoms. The molecule has 0 unspecified atom stereocenters. The number of aliphatic imine (C=N–C) groups is 1. The molecule has 0 aliphatic carbocycles. The number of ether oxygens (including phenoxy) is 2. The number of guanidine groups is 1. The second-order valence-electron chi connectivity index (χ2n) is 6.39. The second-order valence-corrected chi connectivity index (χ2v) is 6.39. The van der Waals surface area contributed by atoms with E-state index in [0.717, 1.165) is 40.6 Å². The summed E-state index contributed by atoms with van der Waals surface area (Å²) in [5.74, 6) is 2.20. The summed E-state index contributed by atoms with van der Waals surface area (Å²) >= 11 is 0. The lowest BCUT2D eigenvalue weighted by atomic mass is 10.3. The first-order valence-corrected chi connectivity index (χ1v) is 9.04. The molecule has 2 N–H and O–H groups in total. The zero-order chi connectivity index (χ0) is 18.6. The van der Waals surface area contributed by atoms with Crippen molar-refractivity contribution < 1.29 is 9.47 Å². The van der Waals surface area contributed by atoms with Crippen molar-refractivity contribution in [1.29, 1.82) is 0 Å². The normalized spacial score (nSPS) is 14.1. The number of nitrogens with zero attached hydrogens (tertiary/aromatic N) is 3. The predicted molar refractivity (Wildman–Crippen MR) is 106 cm³/mol. The Morgan fingerprint density at radius 3 is 2.85 bits per heavy atom. The molecule has 1 aliphatic heterocycles. The van der Waals surface area contributed by atoms with E-state index < -0.39 is 0 Å². The van der Waals surface area contributed by atoms with E-state index in [9.17, 15) is 0 Å². The molecule has 2 aromatic heterocycles. The van der Waals surface area contributed by atoms with E-state index in [2.05, 4.69) is 38.0 Å². The monoisotopic (exact) mass is 365 g/mol. The molecule has 0 saturated heterocycles. The van der Waals surface area contributed by atoms with Crippen LogP contribution in [0.5, 0.6) is 11.5 Å². The molecule has 3 aromatic rings. The minimum atomic E-state index is 0.575. The van der Waals surface area contributed by atoms with Crippen molar-refractivity contribution in [3.63, 3.8) is 0 Å². The lowest BCUT2D eigenvalue weighted by molar-refractivity contribution is 0.297. The van der Waals surface area contributed by atoms with E-state index in [1.165, 1.54) is 0 Å². The van der Waals surface area contributed by atoms with E-state index in [1.54, 1.807) is 7.05 Å². The standard InChI is InChI=1S/C20H23N5O2/c1-14-5-3-6-19-23-16(13-25(14)19)12-22-20(21-2)24-15-7-8-17-18(11-15)27-10-4-9-26-17/h3,5-8,11,13H,4,9-10,12H2,1-2H3,(H2,21,22,24). The number of hydrogen-bond donors (Lipinski definition) is 2. The largest absolute Gasteiger partial charge is 0.490 e. The topological polar surface area (TPSA) is 72.2 Å². The van der Waals surface area contributed by atoms with E-state index in [4.69, 9.17) is 9.47 Å². The van der Waals surface area contributed by atoms with Crippen LogP contribution in [0.2, 0.25) is 0 Å². The molecule has 0 bridgehead atoms. The van der Waals surface area contributed by atoms with Gasteiger partial charge in [-0.2, -0.15) is 0 Å². The molecule has 1 aliphatic rings. The van der Waals surface area contributed by atoms with Crippen LogP contribution in [-0.2, 0) is 6.54 Å². The first-order valence-electron chi connectivity index (χ1n) is 9.04. The van der Waals surface area contributed by atoms with Gasteiger partial charge in [0, 0.05) is 37.1 Å². The van der Waals surface area contributed by atoms with Crippen LogP contribution >= 0.6 is 0 Å². The van der Waals surface area contributed by atoms with Crippen LogP contribution in [0.15, 0.2) is 47.6 Å². The van der Waals surface area contributed by atoms with E-state index in [-0.39, 0.29) is 0 Å². The molecule has 7 nitrogen and oxygen atoms in total. The number of imidazole rings is 1. The molecule has 0 fully saturated rings. The van der Waals surface area contributed by atoms with Gasteiger partial charge in [0.1, 0.15) is 5.65 Å². The van der Waals surface area contributed by atoms with Crippen LogP contribution in [0.3, 0.4) is 0 Å². The van der Waals surface area contributed by atoms with Gasteiger partial charge in [0.05, 0.1) is 25.5 Å². The molecule has 0 atom stereocenters. The van der Waals surface area contributed by atoms with Crippen molar-refractivity contribution in [3.8, 4) is 11.5 Å². The summed E-state index contributed by atoms with van der Waals surface area (Å²) in [7, 11) is 1.74. The van der Waals surface area contributed by atoms with Crippen molar-refractivity contribution in [2.45, 2.75) is 19.9 Å². The fourth-order valence-corrected chi connectivity index (χ4v) is 3.02. The van der Waals surface area contributed by atoms with Gasteiger partial charge < -0.3 is 24.5 Å². The fraction of sp³-hybridized carbons (Fsp3) is 0.300. The second kappa shape index (κ2) is 7.57. The summed E-state index contributed by atoms with van der Waals surface area (Å²) in [5.41, 5.74) is 3.93. The number of pyridine rings is 1. The first-order chi connectivity index (χ1) is 13.2. The number of rotatable bonds is 3. The van der Waals surface area contributed by atoms with E-state index >= 15 is 0 Å². The van der Waals surface area contributed by atoms with Crippen LogP contribution in [0.4, 0.5) is 5.69 Å². The molecule has 0 saturated carbocycles. The predicted octanol–water partition coefficient (Wildman–Crippen LogP) is 2.99. The van der Waals surface area contributed by atoms with Gasteiger partial charge in [0.15, 0.2) is 17.5 Å². The summed E-state index contributed by atoms with van der Waals surface area (Å²) in [6.07, 6.45) is 2.93. The van der Waals surface area contributed by atoms with Crippen LogP contribution in [-0.4, -0.2) is 35.6 Å². The number of nitrogens with one attached hydrogen (secondary N) is 2. The van der Waals surface area contributed by atoms with Crippen molar-refractivity contribution >= 4 is 17.3 Å². The van der Waals surface area contributed by atoms with Crippen molar-refractivity contribution in [3.05, 3.63) is 54.0 Å². The Hall–Kier alpha value is -3.22. The minimum absolute atomic E-state index is 0.575. The number of benzene rings is 1. The summed E-state index contributed by atoms with van der Waals surface area (Å²) in [6.45, 7) is 3.99. The van der Waals surface area contributed by atoms with Crippen LogP contribution in [0.1, 0.15) is 17.8 Å². The summed E-state index contributed by atoms with van der Waals surface area (Å²) < 4.78 is 13.5. The lowest BCUT2D eigenvalue weighted by Crippen LogP contribution is -2.30. The molecular formula is C20H23N5O2. The van der Waals surface area contributed by atoms with Crippen molar-refractivity contribution in [2.75, 3.05) is 25.6 Å². The lowest BCUT2D eigenvalue weighted by Gasteiger charge is -2.13. The molecule has 4 rings (SSSR count). The zero-order valence-corrected chi connectivity index (χ0v) is 15.5. The third-order valence-electron chi connectivity index (χ3n) is 4.42. The van der Waals surface area contributed by atoms with Gasteiger partial charge >= 0.3 is 0 Å². The van der Waals surface area contributed by atoms with Gasteiger partial charge in [-0.05, 0) is 31.2 Å². The maximum absolute atomic E-state index is 5.74. The molecular weight excluding hydrogens is 342 g/mol. The summed E-state index contributed by atoms with van der Waals surface area (Å²) in [5, 5.41) is 6.58. The molecule has 0 amide bonds. The van der Waals surface area contributed by atoms with Gasteiger partial charge in [0.2, 0.25) is 0 Å². The number of aromatic nitrogens is 2. The quantitative estimate of drug-likeness (QED) is 0.551.